The highest BCUT2D eigenvalue weighted by molar-refractivity contribution is 7.22. The lowest BCUT2D eigenvalue weighted by Crippen LogP contribution is -2.30. The Balaban J connectivity index is 1.51. The summed E-state index contributed by atoms with van der Waals surface area (Å²) in [5.74, 6) is 1.81. The molecule has 0 saturated heterocycles. The molecule has 1 amide bonds. The standard InChI is InChI=1S/C28H23N3O3S/c1-2-33-24-15-9-16-25-26(24)30-28(35-25)31(19-21-11-6-7-17-29-21)27(32)20-10-8-14-23(18-20)34-22-12-4-3-5-13-22/h3-18H,2,19H2,1H3. The van der Waals surface area contributed by atoms with Gasteiger partial charge < -0.3 is 9.47 Å². The van der Waals surface area contributed by atoms with Crippen LogP contribution in [0.4, 0.5) is 5.13 Å². The molecule has 0 aliphatic carbocycles. The van der Waals surface area contributed by atoms with Gasteiger partial charge in [0, 0.05) is 11.8 Å². The van der Waals surface area contributed by atoms with Gasteiger partial charge in [0.1, 0.15) is 22.8 Å². The number of hydrogen-bond donors (Lipinski definition) is 0. The zero-order valence-electron chi connectivity index (χ0n) is 19.1. The van der Waals surface area contributed by atoms with Crippen LogP contribution in [-0.2, 0) is 6.54 Å². The van der Waals surface area contributed by atoms with Gasteiger partial charge in [0.15, 0.2) is 5.13 Å². The van der Waals surface area contributed by atoms with Crippen LogP contribution in [0.3, 0.4) is 0 Å². The predicted octanol–water partition coefficient (Wildman–Crippen LogP) is 6.73. The molecule has 6 nitrogen and oxygen atoms in total. The number of hydrogen-bond acceptors (Lipinski definition) is 6. The average molecular weight is 482 g/mol. The molecule has 0 fully saturated rings. The van der Waals surface area contributed by atoms with E-state index in [0.29, 0.717) is 34.6 Å². The first-order valence-corrected chi connectivity index (χ1v) is 12.1. The van der Waals surface area contributed by atoms with Gasteiger partial charge in [-0.25, -0.2) is 4.98 Å². The van der Waals surface area contributed by atoms with Crippen molar-refractivity contribution in [3.05, 3.63) is 108 Å². The lowest BCUT2D eigenvalue weighted by atomic mass is 10.2. The van der Waals surface area contributed by atoms with Crippen molar-refractivity contribution in [2.24, 2.45) is 0 Å². The summed E-state index contributed by atoms with van der Waals surface area (Å²) < 4.78 is 12.7. The van der Waals surface area contributed by atoms with Crippen molar-refractivity contribution >= 4 is 32.6 Å². The van der Waals surface area contributed by atoms with Crippen LogP contribution in [-0.4, -0.2) is 22.5 Å². The Morgan fingerprint density at radius 2 is 1.71 bits per heavy atom. The number of rotatable bonds is 8. The summed E-state index contributed by atoms with van der Waals surface area (Å²) in [5.41, 5.74) is 2.01. The number of carbonyl (C=O) groups is 1. The third kappa shape index (κ3) is 5.15. The maximum absolute atomic E-state index is 13.8. The number of thiazole rings is 1. The molecule has 5 aromatic rings. The van der Waals surface area contributed by atoms with Gasteiger partial charge in [0.25, 0.3) is 5.91 Å². The molecular weight excluding hydrogens is 458 g/mol. The second kappa shape index (κ2) is 10.4. The molecule has 2 aromatic heterocycles. The quantitative estimate of drug-likeness (QED) is 0.246. The van der Waals surface area contributed by atoms with Crippen molar-refractivity contribution in [1.82, 2.24) is 9.97 Å². The average Bonchev–Trinajstić information content (AvgIpc) is 3.34. The Morgan fingerprint density at radius 1 is 0.914 bits per heavy atom. The molecule has 35 heavy (non-hydrogen) atoms. The van der Waals surface area contributed by atoms with Gasteiger partial charge in [0.2, 0.25) is 0 Å². The number of fused-ring (bicyclic) bond motifs is 1. The molecule has 0 spiro atoms. The summed E-state index contributed by atoms with van der Waals surface area (Å²) in [4.78, 5) is 24.7. The van der Waals surface area contributed by atoms with E-state index >= 15 is 0 Å². The summed E-state index contributed by atoms with van der Waals surface area (Å²) in [6.07, 6.45) is 1.72. The molecule has 5 rings (SSSR count). The van der Waals surface area contributed by atoms with Gasteiger partial charge in [-0.2, -0.15) is 0 Å². The number of pyridine rings is 1. The topological polar surface area (TPSA) is 64.5 Å². The predicted molar refractivity (Wildman–Crippen MR) is 138 cm³/mol. The van der Waals surface area contributed by atoms with Crippen LogP contribution >= 0.6 is 11.3 Å². The molecule has 0 N–H and O–H groups in total. The molecule has 0 radical (unpaired) electrons. The van der Waals surface area contributed by atoms with Gasteiger partial charge >= 0.3 is 0 Å². The Hall–Kier alpha value is -4.23. The second-order valence-corrected chi connectivity index (χ2v) is 8.70. The number of anilines is 1. The Bertz CT molecular complexity index is 1440. The minimum Gasteiger partial charge on any atom is -0.492 e. The van der Waals surface area contributed by atoms with Crippen molar-refractivity contribution in [1.29, 1.82) is 0 Å². The number of amides is 1. The normalized spacial score (nSPS) is 10.8. The SMILES string of the molecule is CCOc1cccc2sc(N(Cc3ccccn3)C(=O)c3cccc(Oc4ccccc4)c3)nc12. The second-order valence-electron chi connectivity index (χ2n) is 7.69. The largest absolute Gasteiger partial charge is 0.492 e. The molecule has 0 unspecified atom stereocenters. The van der Waals surface area contributed by atoms with Crippen LogP contribution in [0.1, 0.15) is 23.0 Å². The van der Waals surface area contributed by atoms with Crippen LogP contribution in [0.2, 0.25) is 0 Å². The van der Waals surface area contributed by atoms with E-state index < -0.39 is 0 Å². The fraction of sp³-hybridized carbons (Fsp3) is 0.107. The van der Waals surface area contributed by atoms with Gasteiger partial charge in [0.05, 0.1) is 23.5 Å². The molecule has 3 aromatic carbocycles. The molecule has 0 saturated carbocycles. The zero-order chi connectivity index (χ0) is 24.0. The van der Waals surface area contributed by atoms with Crippen molar-refractivity contribution in [2.45, 2.75) is 13.5 Å². The number of ether oxygens (including phenoxy) is 2. The first-order chi connectivity index (χ1) is 17.2. The highest BCUT2D eigenvalue weighted by Crippen LogP contribution is 2.35. The summed E-state index contributed by atoms with van der Waals surface area (Å²) >= 11 is 1.45. The lowest BCUT2D eigenvalue weighted by molar-refractivity contribution is 0.0984. The molecule has 0 atom stereocenters. The Labute approximate surface area is 207 Å². The summed E-state index contributed by atoms with van der Waals surface area (Å²) in [6, 6.07) is 28.1. The number of benzene rings is 3. The van der Waals surface area contributed by atoms with E-state index in [-0.39, 0.29) is 12.5 Å². The highest BCUT2D eigenvalue weighted by Gasteiger charge is 2.23. The smallest absolute Gasteiger partial charge is 0.260 e. The summed E-state index contributed by atoms with van der Waals surface area (Å²) in [6.45, 7) is 2.76. The number of carbonyl (C=O) groups excluding carboxylic acids is 1. The minimum absolute atomic E-state index is 0.189. The maximum atomic E-state index is 13.8. The molecule has 0 aliphatic heterocycles. The monoisotopic (exact) mass is 481 g/mol. The first kappa shape index (κ1) is 22.6. The Morgan fingerprint density at radius 3 is 2.51 bits per heavy atom. The minimum atomic E-state index is -0.189. The zero-order valence-corrected chi connectivity index (χ0v) is 19.9. The van der Waals surface area contributed by atoms with E-state index in [9.17, 15) is 4.79 Å². The fourth-order valence-electron chi connectivity index (χ4n) is 3.65. The van der Waals surface area contributed by atoms with E-state index in [1.807, 2.05) is 85.8 Å². The lowest BCUT2D eigenvalue weighted by Gasteiger charge is -2.20. The molecule has 7 heteroatoms. The first-order valence-electron chi connectivity index (χ1n) is 11.3. The maximum Gasteiger partial charge on any atom is 0.260 e. The molecule has 0 aliphatic rings. The van der Waals surface area contributed by atoms with Crippen LogP contribution in [0.15, 0.2) is 97.2 Å². The van der Waals surface area contributed by atoms with Crippen LogP contribution in [0, 0.1) is 0 Å². The van der Waals surface area contributed by atoms with E-state index in [2.05, 4.69) is 4.98 Å². The molecular formula is C28H23N3O3S. The summed E-state index contributed by atoms with van der Waals surface area (Å²) in [7, 11) is 0. The van der Waals surface area contributed by atoms with E-state index in [1.54, 1.807) is 23.2 Å². The third-order valence-corrected chi connectivity index (χ3v) is 6.30. The van der Waals surface area contributed by atoms with Gasteiger partial charge in [-0.05, 0) is 61.5 Å². The van der Waals surface area contributed by atoms with Gasteiger partial charge in [-0.1, -0.05) is 47.7 Å². The van der Waals surface area contributed by atoms with Gasteiger partial charge in [-0.3, -0.25) is 14.7 Å². The van der Waals surface area contributed by atoms with Crippen molar-refractivity contribution in [2.75, 3.05) is 11.5 Å². The Kier molecular flexibility index (Phi) is 6.68. The van der Waals surface area contributed by atoms with E-state index in [0.717, 1.165) is 15.9 Å². The number of aromatic nitrogens is 2. The number of nitrogens with zero attached hydrogens (tertiary/aromatic N) is 3. The van der Waals surface area contributed by atoms with E-state index in [1.165, 1.54) is 11.3 Å². The van der Waals surface area contributed by atoms with Crippen LogP contribution in [0.5, 0.6) is 17.2 Å². The van der Waals surface area contributed by atoms with Crippen molar-refractivity contribution < 1.29 is 14.3 Å². The van der Waals surface area contributed by atoms with E-state index in [4.69, 9.17) is 14.5 Å². The number of para-hydroxylation sites is 2. The highest BCUT2D eigenvalue weighted by atomic mass is 32.1. The van der Waals surface area contributed by atoms with Crippen molar-refractivity contribution in [3.63, 3.8) is 0 Å². The third-order valence-electron chi connectivity index (χ3n) is 5.25. The summed E-state index contributed by atoms with van der Waals surface area (Å²) in [5, 5.41) is 0.581. The fourth-order valence-corrected chi connectivity index (χ4v) is 4.63. The molecule has 2 heterocycles. The van der Waals surface area contributed by atoms with Crippen LogP contribution < -0.4 is 14.4 Å². The van der Waals surface area contributed by atoms with Crippen molar-refractivity contribution in [3.8, 4) is 17.2 Å². The van der Waals surface area contributed by atoms with Gasteiger partial charge in [-0.15, -0.1) is 0 Å². The molecule has 174 valence electrons. The van der Waals surface area contributed by atoms with Crippen LogP contribution in [0.25, 0.3) is 10.2 Å². The molecule has 0 bridgehead atoms.